The normalized spacial score (nSPS) is 18.1. The Kier molecular flexibility index (Phi) is 6.76. The average Bonchev–Trinajstić information content (AvgIpc) is 3.23. The van der Waals surface area contributed by atoms with Gasteiger partial charge >= 0.3 is 6.09 Å². The van der Waals surface area contributed by atoms with Gasteiger partial charge < -0.3 is 26.2 Å². The van der Waals surface area contributed by atoms with Crippen LogP contribution >= 0.6 is 0 Å². The van der Waals surface area contributed by atoms with E-state index in [2.05, 4.69) is 26.0 Å². The molecule has 12 heteroatoms. The number of nitrogens with one attached hydrogen (secondary N) is 3. The van der Waals surface area contributed by atoms with Gasteiger partial charge in [0.1, 0.15) is 12.2 Å². The number of aliphatic hydroxyl groups is 1. The number of fused-ring (bicyclic) bond motifs is 1. The molecule has 3 heterocycles. The van der Waals surface area contributed by atoms with E-state index in [1.807, 2.05) is 6.07 Å². The maximum atomic E-state index is 14.2. The molecular weight excluding hydrogens is 469 g/mol. The molecule has 5 N–H and O–H groups in total. The van der Waals surface area contributed by atoms with Gasteiger partial charge in [-0.1, -0.05) is 0 Å². The molecule has 188 valence electrons. The Labute approximate surface area is 206 Å². The second-order valence-electron chi connectivity index (χ2n) is 9.32. The van der Waals surface area contributed by atoms with Crippen molar-refractivity contribution >= 4 is 23.2 Å². The van der Waals surface area contributed by atoms with Crippen LogP contribution in [0, 0.1) is 11.3 Å². The lowest BCUT2D eigenvalue weighted by Gasteiger charge is -2.36. The van der Waals surface area contributed by atoms with Crippen molar-refractivity contribution in [1.29, 1.82) is 5.26 Å². The molecule has 4 rings (SSSR count). The highest BCUT2D eigenvalue weighted by atomic mass is 19.1. The summed E-state index contributed by atoms with van der Waals surface area (Å²) < 4.78 is 15.8. The first kappa shape index (κ1) is 24.9. The third-order valence-electron chi connectivity index (χ3n) is 6.07. The topological polar surface area (TPSA) is 165 Å². The number of amides is 2. The first-order valence-corrected chi connectivity index (χ1v) is 11.3. The zero-order valence-corrected chi connectivity index (χ0v) is 19.7. The highest BCUT2D eigenvalue weighted by molar-refractivity contribution is 6.00. The van der Waals surface area contributed by atoms with Crippen LogP contribution in [0.1, 0.15) is 42.6 Å². The number of hydrogen-bond donors (Lipinski definition) is 5. The molecule has 1 aliphatic carbocycles. The lowest BCUT2D eigenvalue weighted by Crippen LogP contribution is -2.49. The molecule has 11 nitrogen and oxygen atoms in total. The van der Waals surface area contributed by atoms with Gasteiger partial charge in [0.15, 0.2) is 0 Å². The molecular formula is C24H26FN7O4. The molecule has 1 aliphatic rings. The Balaban J connectivity index is 1.61. The van der Waals surface area contributed by atoms with E-state index in [1.165, 1.54) is 26.2 Å². The molecule has 0 unspecified atom stereocenters. The van der Waals surface area contributed by atoms with Crippen LogP contribution in [-0.4, -0.2) is 67.2 Å². The van der Waals surface area contributed by atoms with Crippen LogP contribution in [-0.2, 0) is 0 Å². The Morgan fingerprint density at radius 3 is 2.69 bits per heavy atom. The minimum absolute atomic E-state index is 0.0886. The van der Waals surface area contributed by atoms with Gasteiger partial charge in [-0.25, -0.2) is 13.7 Å². The standard InChI is InChI=1S/C24H26FN7O4/c1-24(2,36)21(25)12-28-22(33)17-11-27-19(8-18(17)30-14-6-15(7-14)31-23(34)35)20-4-3-16-5-13(9-26)10-29-32(16)20/h3-5,8,10-11,14-15,21,31,36H,6-7,12H2,1-2H3,(H,27,30)(H,28,33)(H,34,35)/t14?,15?,21-/m1/s1. The van der Waals surface area contributed by atoms with Crippen molar-refractivity contribution in [1.82, 2.24) is 25.2 Å². The average molecular weight is 496 g/mol. The van der Waals surface area contributed by atoms with E-state index in [-0.39, 0.29) is 24.2 Å². The molecule has 36 heavy (non-hydrogen) atoms. The van der Waals surface area contributed by atoms with E-state index in [4.69, 9.17) is 10.4 Å². The van der Waals surface area contributed by atoms with Gasteiger partial charge in [0.05, 0.1) is 52.1 Å². The lowest BCUT2D eigenvalue weighted by molar-refractivity contribution is -0.00177. The fraction of sp³-hybridized carbons (Fsp3) is 0.375. The number of hydrogen-bond acceptors (Lipinski definition) is 7. The van der Waals surface area contributed by atoms with Crippen LogP contribution < -0.4 is 16.0 Å². The minimum atomic E-state index is -1.67. The summed E-state index contributed by atoms with van der Waals surface area (Å²) in [5.41, 5.74) is 1.27. The van der Waals surface area contributed by atoms with Crippen LogP contribution in [0.4, 0.5) is 14.9 Å². The highest BCUT2D eigenvalue weighted by Gasteiger charge is 2.32. The molecule has 1 saturated carbocycles. The molecule has 1 atom stereocenters. The molecule has 3 aromatic heterocycles. The Morgan fingerprint density at radius 2 is 2.03 bits per heavy atom. The van der Waals surface area contributed by atoms with Crippen LogP contribution in [0.5, 0.6) is 0 Å². The smallest absolute Gasteiger partial charge is 0.404 e. The first-order valence-electron chi connectivity index (χ1n) is 11.3. The van der Waals surface area contributed by atoms with Gasteiger partial charge in [-0.05, 0) is 51.0 Å². The maximum Gasteiger partial charge on any atom is 0.404 e. The number of carbonyl (C=O) groups excluding carboxylic acids is 1. The largest absolute Gasteiger partial charge is 0.465 e. The van der Waals surface area contributed by atoms with Crippen LogP contribution in [0.2, 0.25) is 0 Å². The van der Waals surface area contributed by atoms with Crippen molar-refractivity contribution in [3.05, 3.63) is 47.8 Å². The fourth-order valence-electron chi connectivity index (χ4n) is 3.93. The molecule has 0 bridgehead atoms. The predicted octanol–water partition coefficient (Wildman–Crippen LogP) is 2.32. The number of aromatic nitrogens is 3. The Morgan fingerprint density at radius 1 is 1.28 bits per heavy atom. The van der Waals surface area contributed by atoms with Crippen molar-refractivity contribution < 1.29 is 24.2 Å². The minimum Gasteiger partial charge on any atom is -0.465 e. The molecule has 2 amide bonds. The van der Waals surface area contributed by atoms with E-state index < -0.39 is 23.8 Å². The summed E-state index contributed by atoms with van der Waals surface area (Å²) in [7, 11) is 0. The number of anilines is 1. The van der Waals surface area contributed by atoms with Gasteiger partial charge in [-0.15, -0.1) is 0 Å². The zero-order chi connectivity index (χ0) is 26.0. The molecule has 0 radical (unpaired) electrons. The number of nitriles is 1. The number of carboxylic acid groups (broad SMARTS) is 1. The van der Waals surface area contributed by atoms with Crippen molar-refractivity contribution in [3.63, 3.8) is 0 Å². The van der Waals surface area contributed by atoms with E-state index in [1.54, 1.807) is 28.8 Å². The summed E-state index contributed by atoms with van der Waals surface area (Å²) in [5, 5.41) is 40.3. The summed E-state index contributed by atoms with van der Waals surface area (Å²) in [5.74, 6) is -0.570. The van der Waals surface area contributed by atoms with Crippen molar-refractivity contribution in [2.24, 2.45) is 0 Å². The Hall–Kier alpha value is -4.24. The summed E-state index contributed by atoms with van der Waals surface area (Å²) >= 11 is 0. The van der Waals surface area contributed by atoms with Gasteiger partial charge in [-0.3, -0.25) is 9.78 Å². The lowest BCUT2D eigenvalue weighted by atomic mass is 9.86. The highest BCUT2D eigenvalue weighted by Crippen LogP contribution is 2.30. The van der Waals surface area contributed by atoms with Gasteiger partial charge in [0.25, 0.3) is 5.91 Å². The number of carbonyl (C=O) groups is 2. The SMILES string of the molecule is CC(C)(O)[C@H](F)CNC(=O)c1cnc(-c2ccc3cc(C#N)cnn23)cc1NC1CC(NC(=O)O)C1. The summed E-state index contributed by atoms with van der Waals surface area (Å²) in [4.78, 5) is 28.2. The quantitative estimate of drug-likeness (QED) is 0.318. The van der Waals surface area contributed by atoms with Gasteiger partial charge in [-0.2, -0.15) is 10.4 Å². The molecule has 0 aliphatic heterocycles. The first-order chi connectivity index (χ1) is 17.0. The van der Waals surface area contributed by atoms with Crippen molar-refractivity contribution in [2.75, 3.05) is 11.9 Å². The third-order valence-corrected chi connectivity index (χ3v) is 6.07. The number of rotatable bonds is 8. The molecule has 0 saturated heterocycles. The van der Waals surface area contributed by atoms with E-state index in [0.29, 0.717) is 41.0 Å². The van der Waals surface area contributed by atoms with E-state index in [9.17, 15) is 19.1 Å². The van der Waals surface area contributed by atoms with Crippen molar-refractivity contribution in [3.8, 4) is 17.5 Å². The molecule has 0 aromatic carbocycles. The molecule has 0 spiro atoms. The number of nitrogens with zero attached hydrogens (tertiary/aromatic N) is 4. The van der Waals surface area contributed by atoms with E-state index >= 15 is 0 Å². The second-order valence-corrected chi connectivity index (χ2v) is 9.32. The monoisotopic (exact) mass is 495 g/mol. The Bertz CT molecular complexity index is 1340. The number of halogens is 1. The zero-order valence-electron chi connectivity index (χ0n) is 19.7. The third kappa shape index (κ3) is 5.36. The van der Waals surface area contributed by atoms with Gasteiger partial charge in [0.2, 0.25) is 0 Å². The van der Waals surface area contributed by atoms with Crippen LogP contribution in [0.25, 0.3) is 16.9 Å². The van der Waals surface area contributed by atoms with Crippen molar-refractivity contribution in [2.45, 2.75) is 50.5 Å². The summed E-state index contributed by atoms with van der Waals surface area (Å²) in [6.07, 6.45) is 1.11. The van der Waals surface area contributed by atoms with Crippen LogP contribution in [0.3, 0.4) is 0 Å². The van der Waals surface area contributed by atoms with Gasteiger partial charge in [0, 0.05) is 18.3 Å². The molecule has 1 fully saturated rings. The fourth-order valence-corrected chi connectivity index (χ4v) is 3.93. The summed E-state index contributed by atoms with van der Waals surface area (Å²) in [6.45, 7) is 2.26. The summed E-state index contributed by atoms with van der Waals surface area (Å²) in [6, 6.07) is 8.73. The molecule has 3 aromatic rings. The predicted molar refractivity (Wildman–Crippen MR) is 128 cm³/mol. The second kappa shape index (κ2) is 9.79. The van der Waals surface area contributed by atoms with Crippen LogP contribution in [0.15, 0.2) is 36.7 Å². The maximum absolute atomic E-state index is 14.2. The van der Waals surface area contributed by atoms with E-state index in [0.717, 1.165) is 0 Å². The number of pyridine rings is 1. The number of alkyl halides is 1.